The van der Waals surface area contributed by atoms with Crippen LogP contribution in [0.5, 0.6) is 0 Å². The van der Waals surface area contributed by atoms with Crippen molar-refractivity contribution in [2.75, 3.05) is 13.2 Å². The molecule has 0 heterocycles. The number of aliphatic carboxylic acids is 1. The lowest BCUT2D eigenvalue weighted by Gasteiger charge is -2.14. The zero-order chi connectivity index (χ0) is 13.5. The molecule has 0 fully saturated rings. The van der Waals surface area contributed by atoms with E-state index in [4.69, 9.17) is 21.4 Å². The maximum absolute atomic E-state index is 11.8. The van der Waals surface area contributed by atoms with E-state index in [2.05, 4.69) is 5.32 Å². The highest BCUT2D eigenvalue weighted by Crippen LogP contribution is 2.14. The van der Waals surface area contributed by atoms with E-state index in [1.165, 1.54) is 6.07 Å². The number of carbonyl (C=O) groups excluding carboxylic acids is 1. The number of carboxylic acid groups (broad SMARTS) is 1. The molecule has 1 aromatic carbocycles. The van der Waals surface area contributed by atoms with Gasteiger partial charge in [0, 0.05) is 6.61 Å². The first-order valence-corrected chi connectivity index (χ1v) is 5.80. The van der Waals surface area contributed by atoms with Gasteiger partial charge in [-0.3, -0.25) is 4.79 Å². The Hall–Kier alpha value is -1.59. The standard InChI is InChI=1S/C12H14ClNO4/c1-2-18-7-10(12(16)17)14-11(15)8-5-3-4-6-9(8)13/h3-6,10H,2,7H2,1H3,(H,14,15)(H,16,17). The molecule has 0 saturated heterocycles. The summed E-state index contributed by atoms with van der Waals surface area (Å²) in [6.45, 7) is 2.04. The van der Waals surface area contributed by atoms with Crippen LogP contribution in [0.25, 0.3) is 0 Å². The summed E-state index contributed by atoms with van der Waals surface area (Å²) >= 11 is 5.85. The Morgan fingerprint density at radius 2 is 2.11 bits per heavy atom. The topological polar surface area (TPSA) is 75.6 Å². The third-order valence-electron chi connectivity index (χ3n) is 2.21. The first-order valence-electron chi connectivity index (χ1n) is 5.42. The fourth-order valence-corrected chi connectivity index (χ4v) is 1.51. The second kappa shape index (κ2) is 6.98. The predicted molar refractivity (Wildman–Crippen MR) is 66.8 cm³/mol. The lowest BCUT2D eigenvalue weighted by Crippen LogP contribution is -2.44. The molecular weight excluding hydrogens is 258 g/mol. The average molecular weight is 272 g/mol. The molecule has 0 aliphatic carbocycles. The van der Waals surface area contributed by atoms with Gasteiger partial charge in [0.1, 0.15) is 0 Å². The smallest absolute Gasteiger partial charge is 0.328 e. The highest BCUT2D eigenvalue weighted by Gasteiger charge is 2.21. The second-order valence-corrected chi connectivity index (χ2v) is 3.91. The molecule has 0 aliphatic heterocycles. The van der Waals surface area contributed by atoms with Crippen molar-refractivity contribution in [3.8, 4) is 0 Å². The summed E-state index contributed by atoms with van der Waals surface area (Å²) in [5.41, 5.74) is 0.238. The number of hydrogen-bond donors (Lipinski definition) is 2. The van der Waals surface area contributed by atoms with Crippen LogP contribution in [0.15, 0.2) is 24.3 Å². The van der Waals surface area contributed by atoms with Crippen molar-refractivity contribution in [2.45, 2.75) is 13.0 Å². The van der Waals surface area contributed by atoms with Crippen LogP contribution in [0.3, 0.4) is 0 Å². The molecule has 0 aliphatic rings. The Labute approximate surface area is 110 Å². The molecular formula is C12H14ClNO4. The van der Waals surface area contributed by atoms with Crippen LogP contribution < -0.4 is 5.32 Å². The van der Waals surface area contributed by atoms with Gasteiger partial charge in [0.25, 0.3) is 5.91 Å². The monoisotopic (exact) mass is 271 g/mol. The highest BCUT2D eigenvalue weighted by molar-refractivity contribution is 6.33. The summed E-state index contributed by atoms with van der Waals surface area (Å²) < 4.78 is 5.00. The van der Waals surface area contributed by atoms with Crippen LogP contribution in [-0.4, -0.2) is 36.2 Å². The van der Waals surface area contributed by atoms with Crippen LogP contribution in [0.2, 0.25) is 5.02 Å². The van der Waals surface area contributed by atoms with Crippen molar-refractivity contribution in [3.63, 3.8) is 0 Å². The maximum Gasteiger partial charge on any atom is 0.328 e. The molecule has 1 atom stereocenters. The quantitative estimate of drug-likeness (QED) is 0.823. The van der Waals surface area contributed by atoms with Gasteiger partial charge in [0.15, 0.2) is 6.04 Å². The molecule has 0 bridgehead atoms. The summed E-state index contributed by atoms with van der Waals surface area (Å²) in [6, 6.07) is 5.34. The fourth-order valence-electron chi connectivity index (χ4n) is 1.29. The summed E-state index contributed by atoms with van der Waals surface area (Å²) in [5.74, 6) is -1.68. The zero-order valence-electron chi connectivity index (χ0n) is 9.85. The van der Waals surface area contributed by atoms with Crippen molar-refractivity contribution >= 4 is 23.5 Å². The lowest BCUT2D eigenvalue weighted by atomic mass is 10.2. The summed E-state index contributed by atoms with van der Waals surface area (Å²) in [5, 5.41) is 11.6. The van der Waals surface area contributed by atoms with E-state index in [-0.39, 0.29) is 17.2 Å². The molecule has 0 radical (unpaired) electrons. The van der Waals surface area contributed by atoms with Gasteiger partial charge in [-0.2, -0.15) is 0 Å². The molecule has 6 heteroatoms. The lowest BCUT2D eigenvalue weighted by molar-refractivity contribution is -0.140. The Kier molecular flexibility index (Phi) is 5.61. The van der Waals surface area contributed by atoms with Crippen LogP contribution in [0, 0.1) is 0 Å². The number of rotatable bonds is 6. The van der Waals surface area contributed by atoms with Gasteiger partial charge in [0.05, 0.1) is 17.2 Å². The number of ether oxygens (including phenoxy) is 1. The molecule has 1 rings (SSSR count). The molecule has 18 heavy (non-hydrogen) atoms. The van der Waals surface area contributed by atoms with Crippen LogP contribution in [-0.2, 0) is 9.53 Å². The van der Waals surface area contributed by atoms with Crippen molar-refractivity contribution < 1.29 is 19.4 Å². The van der Waals surface area contributed by atoms with Crippen LogP contribution in [0.1, 0.15) is 17.3 Å². The Bertz CT molecular complexity index is 436. The van der Waals surface area contributed by atoms with E-state index in [1.54, 1.807) is 25.1 Å². The van der Waals surface area contributed by atoms with E-state index in [0.717, 1.165) is 0 Å². The first kappa shape index (κ1) is 14.5. The van der Waals surface area contributed by atoms with E-state index in [1.807, 2.05) is 0 Å². The van der Waals surface area contributed by atoms with Gasteiger partial charge in [-0.15, -0.1) is 0 Å². The normalized spacial score (nSPS) is 11.9. The minimum absolute atomic E-state index is 0.0813. The van der Waals surface area contributed by atoms with E-state index in [0.29, 0.717) is 6.61 Å². The number of nitrogens with one attached hydrogen (secondary N) is 1. The SMILES string of the molecule is CCOCC(NC(=O)c1ccccc1Cl)C(=O)O. The fraction of sp³-hybridized carbons (Fsp3) is 0.333. The number of carbonyl (C=O) groups is 2. The molecule has 1 aromatic rings. The van der Waals surface area contributed by atoms with Gasteiger partial charge >= 0.3 is 5.97 Å². The van der Waals surface area contributed by atoms with Gasteiger partial charge in [-0.25, -0.2) is 4.79 Å². The van der Waals surface area contributed by atoms with E-state index in [9.17, 15) is 9.59 Å². The molecule has 1 amide bonds. The van der Waals surface area contributed by atoms with Crippen molar-refractivity contribution in [3.05, 3.63) is 34.9 Å². The summed E-state index contributed by atoms with van der Waals surface area (Å²) in [4.78, 5) is 22.8. The van der Waals surface area contributed by atoms with Gasteiger partial charge in [-0.1, -0.05) is 23.7 Å². The van der Waals surface area contributed by atoms with Gasteiger partial charge in [-0.05, 0) is 19.1 Å². The first-order chi connectivity index (χ1) is 8.56. The predicted octanol–water partition coefficient (Wildman–Crippen LogP) is 1.56. The van der Waals surface area contributed by atoms with Gasteiger partial charge < -0.3 is 15.2 Å². The largest absolute Gasteiger partial charge is 0.480 e. The number of halogens is 1. The Morgan fingerprint density at radius 1 is 1.44 bits per heavy atom. The summed E-state index contributed by atoms with van der Waals surface area (Å²) in [7, 11) is 0. The van der Waals surface area contributed by atoms with Crippen molar-refractivity contribution in [2.24, 2.45) is 0 Å². The van der Waals surface area contributed by atoms with Gasteiger partial charge in [0.2, 0.25) is 0 Å². The number of benzene rings is 1. The second-order valence-electron chi connectivity index (χ2n) is 3.50. The molecule has 0 saturated carbocycles. The van der Waals surface area contributed by atoms with Crippen LogP contribution in [0.4, 0.5) is 0 Å². The Balaban J connectivity index is 2.72. The molecule has 0 spiro atoms. The van der Waals surface area contributed by atoms with Crippen LogP contribution >= 0.6 is 11.6 Å². The average Bonchev–Trinajstić information content (AvgIpc) is 2.34. The number of carboxylic acids is 1. The number of hydrogen-bond acceptors (Lipinski definition) is 3. The molecule has 2 N–H and O–H groups in total. The third-order valence-corrected chi connectivity index (χ3v) is 2.54. The summed E-state index contributed by atoms with van der Waals surface area (Å²) in [6.07, 6.45) is 0. The van der Waals surface area contributed by atoms with Crippen molar-refractivity contribution in [1.82, 2.24) is 5.32 Å². The minimum atomic E-state index is -1.15. The molecule has 98 valence electrons. The molecule has 1 unspecified atom stereocenters. The van der Waals surface area contributed by atoms with Crippen molar-refractivity contribution in [1.29, 1.82) is 0 Å². The highest BCUT2D eigenvalue weighted by atomic mass is 35.5. The van der Waals surface area contributed by atoms with E-state index >= 15 is 0 Å². The maximum atomic E-state index is 11.8. The molecule has 0 aromatic heterocycles. The van der Waals surface area contributed by atoms with E-state index < -0.39 is 17.9 Å². The number of amides is 1. The molecule has 5 nitrogen and oxygen atoms in total. The minimum Gasteiger partial charge on any atom is -0.480 e. The Morgan fingerprint density at radius 3 is 2.67 bits per heavy atom. The zero-order valence-corrected chi connectivity index (χ0v) is 10.6. The third kappa shape index (κ3) is 4.01.